The minimum atomic E-state index is -0.248. The topological polar surface area (TPSA) is 59.6 Å². The first kappa shape index (κ1) is 20.8. The van der Waals surface area contributed by atoms with Crippen LogP contribution in [0.5, 0.6) is 11.5 Å². The lowest BCUT2D eigenvalue weighted by molar-refractivity contribution is -0.124. The van der Waals surface area contributed by atoms with Crippen LogP contribution in [0, 0.1) is 0 Å². The summed E-state index contributed by atoms with van der Waals surface area (Å²) in [5.74, 6) is 1.46. The number of carbonyl (C=O) groups excluding carboxylic acids is 1. The summed E-state index contributed by atoms with van der Waals surface area (Å²) < 4.78 is 10.7. The molecule has 0 fully saturated rings. The quantitative estimate of drug-likeness (QED) is 0.665. The molecule has 1 amide bonds. The Morgan fingerprint density at radius 3 is 2.11 bits per heavy atom. The smallest absolute Gasteiger partial charge is 0.258 e. The van der Waals surface area contributed by atoms with Gasteiger partial charge in [-0.05, 0) is 69.1 Å². The van der Waals surface area contributed by atoms with Crippen LogP contribution in [-0.4, -0.2) is 31.7 Å². The molecule has 2 aromatic carbocycles. The lowest BCUT2D eigenvalue weighted by Crippen LogP contribution is -2.43. The second-order valence-electron chi connectivity index (χ2n) is 7.51. The van der Waals surface area contributed by atoms with Crippen molar-refractivity contribution in [2.24, 2.45) is 0 Å². The predicted molar refractivity (Wildman–Crippen MR) is 108 cm³/mol. The standard InChI is InChI=1S/C22H30N2O3/c1-22(2,3)24-21(25)16-27-20-11-7-18(8-12-20)15-23-14-13-17-5-9-19(26-4)10-6-17/h5-12,23H,13-16H2,1-4H3,(H,24,25). The van der Waals surface area contributed by atoms with E-state index in [0.29, 0.717) is 5.75 Å². The first-order chi connectivity index (χ1) is 12.9. The van der Waals surface area contributed by atoms with Crippen molar-refractivity contribution in [3.05, 3.63) is 59.7 Å². The van der Waals surface area contributed by atoms with E-state index < -0.39 is 0 Å². The largest absolute Gasteiger partial charge is 0.497 e. The van der Waals surface area contributed by atoms with E-state index in [1.54, 1.807) is 7.11 Å². The summed E-state index contributed by atoms with van der Waals surface area (Å²) in [4.78, 5) is 11.8. The Morgan fingerprint density at radius 2 is 1.52 bits per heavy atom. The summed E-state index contributed by atoms with van der Waals surface area (Å²) in [6.07, 6.45) is 0.966. The zero-order valence-corrected chi connectivity index (χ0v) is 16.7. The van der Waals surface area contributed by atoms with Gasteiger partial charge in [-0.2, -0.15) is 0 Å². The molecule has 0 spiro atoms. The average molecular weight is 370 g/mol. The van der Waals surface area contributed by atoms with Gasteiger partial charge in [0.15, 0.2) is 6.61 Å². The molecule has 2 aromatic rings. The number of hydrogen-bond donors (Lipinski definition) is 2. The zero-order chi connectivity index (χ0) is 19.7. The highest BCUT2D eigenvalue weighted by Crippen LogP contribution is 2.13. The van der Waals surface area contributed by atoms with Crippen molar-refractivity contribution in [3.8, 4) is 11.5 Å². The SMILES string of the molecule is COc1ccc(CCNCc2ccc(OCC(=O)NC(C)(C)C)cc2)cc1. The normalized spacial score (nSPS) is 11.1. The Kier molecular flexibility index (Phi) is 7.67. The van der Waals surface area contributed by atoms with Gasteiger partial charge in [-0.25, -0.2) is 0 Å². The fourth-order valence-electron chi connectivity index (χ4n) is 2.56. The van der Waals surface area contributed by atoms with Crippen LogP contribution in [0.15, 0.2) is 48.5 Å². The molecule has 0 unspecified atom stereocenters. The van der Waals surface area contributed by atoms with Gasteiger partial charge in [0.05, 0.1) is 7.11 Å². The molecule has 0 heterocycles. The van der Waals surface area contributed by atoms with Crippen molar-refractivity contribution in [3.63, 3.8) is 0 Å². The van der Waals surface area contributed by atoms with Crippen LogP contribution in [0.25, 0.3) is 0 Å². The van der Waals surface area contributed by atoms with E-state index in [-0.39, 0.29) is 18.1 Å². The molecule has 0 aromatic heterocycles. The molecule has 0 radical (unpaired) electrons. The fourth-order valence-corrected chi connectivity index (χ4v) is 2.56. The van der Waals surface area contributed by atoms with E-state index in [2.05, 4.69) is 22.8 Å². The molecule has 5 heteroatoms. The first-order valence-corrected chi connectivity index (χ1v) is 9.22. The minimum absolute atomic E-state index is 0.0245. The molecule has 0 atom stereocenters. The van der Waals surface area contributed by atoms with Crippen LogP contribution in [0.1, 0.15) is 31.9 Å². The highest BCUT2D eigenvalue weighted by molar-refractivity contribution is 5.78. The Morgan fingerprint density at radius 1 is 0.926 bits per heavy atom. The van der Waals surface area contributed by atoms with Crippen LogP contribution >= 0.6 is 0 Å². The third kappa shape index (κ3) is 8.13. The molecule has 5 nitrogen and oxygen atoms in total. The molecule has 0 saturated carbocycles. The van der Waals surface area contributed by atoms with Crippen LogP contribution in [0.2, 0.25) is 0 Å². The molecule has 0 aliphatic rings. The average Bonchev–Trinajstić information content (AvgIpc) is 2.63. The molecular formula is C22H30N2O3. The fraction of sp³-hybridized carbons (Fsp3) is 0.409. The van der Waals surface area contributed by atoms with E-state index in [0.717, 1.165) is 25.3 Å². The number of carbonyl (C=O) groups is 1. The second kappa shape index (κ2) is 9.97. The number of rotatable bonds is 9. The monoisotopic (exact) mass is 370 g/mol. The molecule has 0 saturated heterocycles. The summed E-state index contributed by atoms with van der Waals surface area (Å²) in [7, 11) is 1.67. The Hall–Kier alpha value is -2.53. The third-order valence-electron chi connectivity index (χ3n) is 3.89. The van der Waals surface area contributed by atoms with E-state index in [9.17, 15) is 4.79 Å². The number of benzene rings is 2. The van der Waals surface area contributed by atoms with Crippen LogP contribution < -0.4 is 20.1 Å². The maximum atomic E-state index is 11.8. The minimum Gasteiger partial charge on any atom is -0.497 e. The van der Waals surface area contributed by atoms with Gasteiger partial charge in [-0.15, -0.1) is 0 Å². The van der Waals surface area contributed by atoms with Crippen molar-refractivity contribution >= 4 is 5.91 Å². The molecule has 0 aliphatic heterocycles. The van der Waals surface area contributed by atoms with Gasteiger partial charge in [0.2, 0.25) is 0 Å². The van der Waals surface area contributed by atoms with Gasteiger partial charge < -0.3 is 20.1 Å². The maximum Gasteiger partial charge on any atom is 0.258 e. The Balaban J connectivity index is 1.68. The third-order valence-corrected chi connectivity index (χ3v) is 3.89. The molecule has 146 valence electrons. The van der Waals surface area contributed by atoms with Gasteiger partial charge >= 0.3 is 0 Å². The molecule has 2 rings (SSSR count). The van der Waals surface area contributed by atoms with Crippen LogP contribution in [0.3, 0.4) is 0 Å². The lowest BCUT2D eigenvalue weighted by Gasteiger charge is -2.20. The Bertz CT molecular complexity index is 704. The summed E-state index contributed by atoms with van der Waals surface area (Å²) in [6.45, 7) is 7.55. The van der Waals surface area contributed by atoms with E-state index >= 15 is 0 Å². The number of hydrogen-bond acceptors (Lipinski definition) is 4. The van der Waals surface area contributed by atoms with Crippen molar-refractivity contribution < 1.29 is 14.3 Å². The summed E-state index contributed by atoms with van der Waals surface area (Å²) in [5, 5.41) is 6.31. The van der Waals surface area contributed by atoms with Crippen molar-refractivity contribution in [2.45, 2.75) is 39.3 Å². The van der Waals surface area contributed by atoms with Gasteiger partial charge in [0, 0.05) is 12.1 Å². The molecule has 0 aliphatic carbocycles. The van der Waals surface area contributed by atoms with E-state index in [1.807, 2.05) is 57.2 Å². The van der Waals surface area contributed by atoms with Crippen LogP contribution in [0.4, 0.5) is 0 Å². The molecule has 0 bridgehead atoms. The van der Waals surface area contributed by atoms with Crippen LogP contribution in [-0.2, 0) is 17.8 Å². The van der Waals surface area contributed by atoms with Gasteiger partial charge in [-0.3, -0.25) is 4.79 Å². The highest BCUT2D eigenvalue weighted by Gasteiger charge is 2.13. The number of methoxy groups -OCH3 is 1. The first-order valence-electron chi connectivity index (χ1n) is 9.22. The van der Waals surface area contributed by atoms with E-state index in [4.69, 9.17) is 9.47 Å². The molecule has 27 heavy (non-hydrogen) atoms. The van der Waals surface area contributed by atoms with Gasteiger partial charge in [-0.1, -0.05) is 24.3 Å². The zero-order valence-electron chi connectivity index (χ0n) is 16.7. The van der Waals surface area contributed by atoms with Crippen molar-refractivity contribution in [1.82, 2.24) is 10.6 Å². The summed E-state index contributed by atoms with van der Waals surface area (Å²) in [5.41, 5.74) is 2.21. The second-order valence-corrected chi connectivity index (χ2v) is 7.51. The lowest BCUT2D eigenvalue weighted by atomic mass is 10.1. The summed E-state index contributed by atoms with van der Waals surface area (Å²) >= 11 is 0. The number of amides is 1. The molecule has 2 N–H and O–H groups in total. The summed E-state index contributed by atoms with van der Waals surface area (Å²) in [6, 6.07) is 15.9. The predicted octanol–water partition coefficient (Wildman–Crippen LogP) is 3.32. The van der Waals surface area contributed by atoms with E-state index in [1.165, 1.54) is 11.1 Å². The van der Waals surface area contributed by atoms with Gasteiger partial charge in [0.1, 0.15) is 11.5 Å². The highest BCUT2D eigenvalue weighted by atomic mass is 16.5. The number of nitrogens with one attached hydrogen (secondary N) is 2. The Labute approximate surface area is 162 Å². The maximum absolute atomic E-state index is 11.8. The van der Waals surface area contributed by atoms with Gasteiger partial charge in [0.25, 0.3) is 5.91 Å². The molecular weight excluding hydrogens is 340 g/mol. The van der Waals surface area contributed by atoms with Crippen molar-refractivity contribution in [2.75, 3.05) is 20.3 Å². The van der Waals surface area contributed by atoms with Crippen molar-refractivity contribution in [1.29, 1.82) is 0 Å². The number of ether oxygens (including phenoxy) is 2.